The molecule has 116 valence electrons. The van der Waals surface area contributed by atoms with Crippen molar-refractivity contribution in [3.05, 3.63) is 34.7 Å². The Morgan fingerprint density at radius 1 is 1.55 bits per heavy atom. The van der Waals surface area contributed by atoms with Gasteiger partial charge in [0.15, 0.2) is 11.5 Å². The van der Waals surface area contributed by atoms with Crippen molar-refractivity contribution in [3.8, 4) is 17.0 Å². The van der Waals surface area contributed by atoms with Gasteiger partial charge >= 0.3 is 0 Å². The second-order valence-corrected chi connectivity index (χ2v) is 5.71. The van der Waals surface area contributed by atoms with Crippen molar-refractivity contribution in [2.75, 3.05) is 7.11 Å². The molecule has 0 spiro atoms. The van der Waals surface area contributed by atoms with Gasteiger partial charge in [0.2, 0.25) is 0 Å². The van der Waals surface area contributed by atoms with Gasteiger partial charge in [-0.1, -0.05) is 11.6 Å². The third-order valence-electron chi connectivity index (χ3n) is 4.00. The Hall–Kier alpha value is -1.85. The summed E-state index contributed by atoms with van der Waals surface area (Å²) >= 11 is 6.23. The van der Waals surface area contributed by atoms with Crippen LogP contribution in [0.3, 0.4) is 0 Å². The first-order valence-electron chi connectivity index (χ1n) is 7.16. The Labute approximate surface area is 133 Å². The molecular weight excluding hydrogens is 304 g/mol. The predicted octanol–water partition coefficient (Wildman–Crippen LogP) is 3.24. The second-order valence-electron chi connectivity index (χ2n) is 5.35. The van der Waals surface area contributed by atoms with Crippen LogP contribution in [-0.4, -0.2) is 27.6 Å². The molecule has 0 bridgehead atoms. The number of methoxy groups -OCH3 is 1. The maximum absolute atomic E-state index is 12.1. The lowest BCUT2D eigenvalue weighted by Crippen LogP contribution is -2.17. The number of carbonyl (C=O) groups is 1. The quantitative estimate of drug-likeness (QED) is 0.696. The highest BCUT2D eigenvalue weighted by Crippen LogP contribution is 2.45. The zero-order chi connectivity index (χ0) is 15.9. The van der Waals surface area contributed by atoms with Crippen molar-refractivity contribution in [2.45, 2.75) is 32.4 Å². The molecule has 6 heteroatoms. The van der Waals surface area contributed by atoms with Crippen molar-refractivity contribution in [1.82, 2.24) is 9.55 Å². The van der Waals surface area contributed by atoms with Gasteiger partial charge in [0, 0.05) is 18.3 Å². The number of hydrogen-bond donors (Lipinski definition) is 1. The van der Waals surface area contributed by atoms with Gasteiger partial charge in [0.1, 0.15) is 5.15 Å². The van der Waals surface area contributed by atoms with E-state index in [0.717, 1.165) is 6.42 Å². The second kappa shape index (κ2) is 5.74. The smallest absolute Gasteiger partial charge is 0.165 e. The van der Waals surface area contributed by atoms with E-state index in [1.165, 1.54) is 14.0 Å². The summed E-state index contributed by atoms with van der Waals surface area (Å²) in [6.45, 7) is 2.19. The van der Waals surface area contributed by atoms with Crippen molar-refractivity contribution in [3.63, 3.8) is 0 Å². The van der Waals surface area contributed by atoms with Gasteiger partial charge in [-0.2, -0.15) is 0 Å². The molecule has 0 fully saturated rings. The first-order chi connectivity index (χ1) is 10.6. The van der Waals surface area contributed by atoms with Gasteiger partial charge < -0.3 is 14.4 Å². The van der Waals surface area contributed by atoms with Crippen LogP contribution in [0.1, 0.15) is 41.9 Å². The topological polar surface area (TPSA) is 64.4 Å². The molecule has 1 N–H and O–H groups in total. The number of ether oxygens (including phenoxy) is 1. The largest absolute Gasteiger partial charge is 0.494 e. The Morgan fingerprint density at radius 2 is 2.32 bits per heavy atom. The number of fused-ring (bicyclic) bond motifs is 1. The number of pyridine rings is 1. The standard InChI is InChI=1S/C16H17ClN2O3/c1-9(20)12-14-11(21)6-4-8-19(14)13(15(12)22-2)10-5-3-7-18-16(10)17/h3,5,7,11,21H,4,6,8H2,1-2H3. The Balaban J connectivity index is 2.37. The predicted molar refractivity (Wildman–Crippen MR) is 83.4 cm³/mol. The highest BCUT2D eigenvalue weighted by molar-refractivity contribution is 6.32. The van der Waals surface area contributed by atoms with Crippen molar-refractivity contribution < 1.29 is 14.6 Å². The number of Topliss-reactive ketones (excluding diaryl/α,β-unsaturated/α-hetero) is 1. The number of aromatic nitrogens is 2. The summed E-state index contributed by atoms with van der Waals surface area (Å²) in [5.41, 5.74) is 2.46. The van der Waals surface area contributed by atoms with Gasteiger partial charge in [-0.25, -0.2) is 4.98 Å². The summed E-state index contributed by atoms with van der Waals surface area (Å²) in [6.07, 6.45) is 2.40. The Bertz CT molecular complexity index is 739. The minimum atomic E-state index is -0.675. The Morgan fingerprint density at radius 3 is 2.95 bits per heavy atom. The van der Waals surface area contributed by atoms with E-state index >= 15 is 0 Å². The van der Waals surface area contributed by atoms with Crippen LogP contribution in [0.2, 0.25) is 5.15 Å². The molecule has 3 rings (SSSR count). The lowest BCUT2D eigenvalue weighted by atomic mass is 10.0. The highest BCUT2D eigenvalue weighted by atomic mass is 35.5. The summed E-state index contributed by atoms with van der Waals surface area (Å²) in [5, 5.41) is 10.7. The number of carbonyl (C=O) groups excluding carboxylic acids is 1. The molecule has 3 heterocycles. The molecule has 5 nitrogen and oxygen atoms in total. The molecule has 0 amide bonds. The van der Waals surface area contributed by atoms with E-state index in [9.17, 15) is 9.90 Å². The van der Waals surface area contributed by atoms with E-state index in [4.69, 9.17) is 16.3 Å². The molecule has 2 aromatic rings. The van der Waals surface area contributed by atoms with Crippen LogP contribution in [0.4, 0.5) is 0 Å². The van der Waals surface area contributed by atoms with E-state index in [2.05, 4.69) is 4.98 Å². The number of nitrogens with zero attached hydrogens (tertiary/aromatic N) is 2. The fourth-order valence-electron chi connectivity index (χ4n) is 3.14. The van der Waals surface area contributed by atoms with E-state index in [-0.39, 0.29) is 5.78 Å². The molecule has 22 heavy (non-hydrogen) atoms. The van der Waals surface area contributed by atoms with Gasteiger partial charge in [-0.3, -0.25) is 4.79 Å². The van der Waals surface area contributed by atoms with E-state index in [1.807, 2.05) is 10.6 Å². The van der Waals surface area contributed by atoms with Crippen LogP contribution in [0.15, 0.2) is 18.3 Å². The number of ketones is 1. The van der Waals surface area contributed by atoms with E-state index in [1.54, 1.807) is 12.3 Å². The summed E-state index contributed by atoms with van der Waals surface area (Å²) < 4.78 is 7.45. The molecule has 0 saturated heterocycles. The Kier molecular flexibility index (Phi) is 3.93. The van der Waals surface area contributed by atoms with Crippen molar-refractivity contribution >= 4 is 17.4 Å². The monoisotopic (exact) mass is 320 g/mol. The maximum atomic E-state index is 12.1. The summed E-state index contributed by atoms with van der Waals surface area (Å²) in [4.78, 5) is 16.2. The van der Waals surface area contributed by atoms with Gasteiger partial charge in [-0.05, 0) is 31.9 Å². The molecule has 0 radical (unpaired) electrons. The third kappa shape index (κ3) is 2.21. The van der Waals surface area contributed by atoms with Crippen LogP contribution in [0.5, 0.6) is 5.75 Å². The molecule has 1 aliphatic heterocycles. The normalized spacial score (nSPS) is 17.2. The molecule has 1 aliphatic rings. The average Bonchev–Trinajstić information content (AvgIpc) is 2.83. The number of rotatable bonds is 3. The number of hydrogen-bond acceptors (Lipinski definition) is 4. The van der Waals surface area contributed by atoms with Crippen LogP contribution < -0.4 is 4.74 Å². The molecule has 0 aliphatic carbocycles. The van der Waals surface area contributed by atoms with Gasteiger partial charge in [-0.15, -0.1) is 0 Å². The molecule has 0 saturated carbocycles. The number of aliphatic hydroxyl groups is 1. The lowest BCUT2D eigenvalue weighted by molar-refractivity contribution is 0.0992. The molecule has 2 aromatic heterocycles. The molecular formula is C16H17ClN2O3. The van der Waals surface area contributed by atoms with Crippen LogP contribution >= 0.6 is 11.6 Å². The first kappa shape index (κ1) is 15.1. The fraction of sp³-hybridized carbons (Fsp3) is 0.375. The van der Waals surface area contributed by atoms with Gasteiger partial charge in [0.05, 0.1) is 30.2 Å². The molecule has 1 unspecified atom stereocenters. The summed E-state index contributed by atoms with van der Waals surface area (Å²) in [5.74, 6) is 0.325. The summed E-state index contributed by atoms with van der Waals surface area (Å²) in [7, 11) is 1.52. The zero-order valence-electron chi connectivity index (χ0n) is 12.5. The number of aliphatic hydroxyl groups excluding tert-OH is 1. The van der Waals surface area contributed by atoms with Crippen molar-refractivity contribution in [2.24, 2.45) is 0 Å². The van der Waals surface area contributed by atoms with E-state index < -0.39 is 6.10 Å². The first-order valence-corrected chi connectivity index (χ1v) is 7.54. The molecule has 1 atom stereocenters. The van der Waals surface area contributed by atoms with E-state index in [0.29, 0.717) is 46.4 Å². The number of halogens is 1. The van der Waals surface area contributed by atoms with Crippen LogP contribution in [-0.2, 0) is 6.54 Å². The third-order valence-corrected chi connectivity index (χ3v) is 4.31. The summed E-state index contributed by atoms with van der Waals surface area (Å²) in [6, 6.07) is 3.62. The highest BCUT2D eigenvalue weighted by Gasteiger charge is 2.33. The van der Waals surface area contributed by atoms with Crippen LogP contribution in [0, 0.1) is 0 Å². The molecule has 0 aromatic carbocycles. The maximum Gasteiger partial charge on any atom is 0.165 e. The van der Waals surface area contributed by atoms with Gasteiger partial charge in [0.25, 0.3) is 0 Å². The average molecular weight is 321 g/mol. The lowest BCUT2D eigenvalue weighted by Gasteiger charge is -2.23. The fourth-order valence-corrected chi connectivity index (χ4v) is 3.35. The minimum absolute atomic E-state index is 0.132. The van der Waals surface area contributed by atoms with Crippen molar-refractivity contribution in [1.29, 1.82) is 0 Å². The zero-order valence-corrected chi connectivity index (χ0v) is 13.2. The van der Waals surface area contributed by atoms with Crippen LogP contribution in [0.25, 0.3) is 11.3 Å². The SMILES string of the molecule is COc1c(C(C)=O)c2n(c1-c1cccnc1Cl)CCCC2O. The minimum Gasteiger partial charge on any atom is -0.494 e.